The Kier molecular flexibility index (Phi) is 6.07. The lowest BCUT2D eigenvalue weighted by Gasteiger charge is -2.26. The third-order valence-electron chi connectivity index (χ3n) is 6.15. The largest absolute Gasteiger partial charge is 0.512 e. The first-order valence-electron chi connectivity index (χ1n) is 10.5. The molecule has 1 fully saturated rings. The van der Waals surface area contributed by atoms with E-state index in [1.165, 1.54) is 0 Å². The number of carbonyl (C=O) groups is 1. The molecule has 0 radical (unpaired) electrons. The van der Waals surface area contributed by atoms with Gasteiger partial charge in [-0.05, 0) is 71.6 Å². The second-order valence-electron chi connectivity index (χ2n) is 8.22. The summed E-state index contributed by atoms with van der Waals surface area (Å²) < 4.78 is 5.47. The van der Waals surface area contributed by atoms with Crippen LogP contribution >= 0.6 is 11.6 Å². The lowest BCUT2D eigenvalue weighted by Crippen LogP contribution is -2.22. The van der Waals surface area contributed by atoms with Crippen molar-refractivity contribution in [2.45, 2.75) is 39.0 Å². The standard InChI is InChI=1S/C25H27ClO3/c1-2-18-3-4-20(19-5-7-21(26)8-6-19)14-22(18)25-23(27)12-17(13-24(25)28)11-16-9-10-29-15-16/h3-8,14,16-17,27H,2,9-13,15H2,1H3. The van der Waals surface area contributed by atoms with Crippen molar-refractivity contribution in [1.29, 1.82) is 0 Å². The number of aliphatic hydroxyl groups excluding tert-OH is 1. The van der Waals surface area contributed by atoms with Gasteiger partial charge in [-0.3, -0.25) is 4.79 Å². The van der Waals surface area contributed by atoms with Crippen molar-refractivity contribution < 1.29 is 14.6 Å². The summed E-state index contributed by atoms with van der Waals surface area (Å²) in [6.07, 6.45) is 3.90. The van der Waals surface area contributed by atoms with Crippen LogP contribution in [0.25, 0.3) is 16.7 Å². The summed E-state index contributed by atoms with van der Waals surface area (Å²) in [4.78, 5) is 13.1. The van der Waals surface area contributed by atoms with Crippen molar-refractivity contribution in [3.05, 3.63) is 64.4 Å². The Morgan fingerprint density at radius 2 is 1.83 bits per heavy atom. The first-order valence-corrected chi connectivity index (χ1v) is 10.8. The second kappa shape index (κ2) is 8.73. The normalized spacial score (nSPS) is 22.3. The van der Waals surface area contributed by atoms with Crippen molar-refractivity contribution in [3.63, 3.8) is 0 Å². The fraction of sp³-hybridized carbons (Fsp3) is 0.400. The summed E-state index contributed by atoms with van der Waals surface area (Å²) >= 11 is 6.02. The predicted molar refractivity (Wildman–Crippen MR) is 117 cm³/mol. The fourth-order valence-electron chi connectivity index (χ4n) is 4.63. The number of Topliss-reactive ketones (excluding diaryl/α,β-unsaturated/α-hetero) is 1. The van der Waals surface area contributed by atoms with Gasteiger partial charge in [0, 0.05) is 31.1 Å². The van der Waals surface area contributed by atoms with E-state index in [0.29, 0.717) is 29.4 Å². The van der Waals surface area contributed by atoms with Crippen LogP contribution in [0.1, 0.15) is 43.7 Å². The van der Waals surface area contributed by atoms with E-state index in [0.717, 1.165) is 54.7 Å². The first kappa shape index (κ1) is 20.2. The zero-order valence-electron chi connectivity index (χ0n) is 16.8. The van der Waals surface area contributed by atoms with Crippen molar-refractivity contribution in [3.8, 4) is 11.1 Å². The number of aryl methyl sites for hydroxylation is 1. The van der Waals surface area contributed by atoms with Crippen LogP contribution in [0, 0.1) is 11.8 Å². The number of ketones is 1. The maximum absolute atomic E-state index is 13.1. The van der Waals surface area contributed by atoms with Gasteiger partial charge in [-0.1, -0.05) is 42.8 Å². The molecule has 0 amide bonds. The Balaban J connectivity index is 1.65. The third kappa shape index (κ3) is 4.41. The molecule has 1 saturated heterocycles. The van der Waals surface area contributed by atoms with Crippen LogP contribution < -0.4 is 0 Å². The molecule has 2 aromatic carbocycles. The molecule has 4 rings (SSSR count). The van der Waals surface area contributed by atoms with E-state index in [4.69, 9.17) is 16.3 Å². The number of carbonyl (C=O) groups excluding carboxylic acids is 1. The molecular formula is C25H27ClO3. The molecule has 2 atom stereocenters. The molecule has 1 heterocycles. The molecule has 0 bridgehead atoms. The first-order chi connectivity index (χ1) is 14.0. The minimum Gasteiger partial charge on any atom is -0.512 e. The Morgan fingerprint density at radius 1 is 1.07 bits per heavy atom. The van der Waals surface area contributed by atoms with Crippen LogP contribution in [0.2, 0.25) is 5.02 Å². The summed E-state index contributed by atoms with van der Waals surface area (Å²) in [7, 11) is 0. The van der Waals surface area contributed by atoms with Crippen LogP contribution in [0.3, 0.4) is 0 Å². The summed E-state index contributed by atoms with van der Waals surface area (Å²) in [6, 6.07) is 13.9. The third-order valence-corrected chi connectivity index (χ3v) is 6.40. The summed E-state index contributed by atoms with van der Waals surface area (Å²) in [6.45, 7) is 3.68. The fourth-order valence-corrected chi connectivity index (χ4v) is 4.75. The van der Waals surface area contributed by atoms with Gasteiger partial charge in [0.25, 0.3) is 0 Å². The summed E-state index contributed by atoms with van der Waals surface area (Å²) in [5, 5.41) is 11.6. The Labute approximate surface area is 177 Å². The van der Waals surface area contributed by atoms with Gasteiger partial charge in [-0.2, -0.15) is 0 Å². The molecule has 0 saturated carbocycles. The van der Waals surface area contributed by atoms with Crippen molar-refractivity contribution in [2.75, 3.05) is 13.2 Å². The molecule has 4 heteroatoms. The molecule has 2 aliphatic rings. The van der Waals surface area contributed by atoms with Crippen LogP contribution in [0.5, 0.6) is 0 Å². The van der Waals surface area contributed by atoms with E-state index in [2.05, 4.69) is 19.1 Å². The van der Waals surface area contributed by atoms with Crippen molar-refractivity contribution >= 4 is 23.0 Å². The molecule has 2 unspecified atom stereocenters. The number of benzene rings is 2. The highest BCUT2D eigenvalue weighted by atomic mass is 35.5. The monoisotopic (exact) mass is 410 g/mol. The van der Waals surface area contributed by atoms with E-state index in [1.807, 2.05) is 30.3 Å². The predicted octanol–water partition coefficient (Wildman–Crippen LogP) is 6.24. The average Bonchev–Trinajstić information content (AvgIpc) is 3.21. The molecule has 1 aliphatic heterocycles. The SMILES string of the molecule is CCc1ccc(-c2ccc(Cl)cc2)cc1C1=C(O)CC(CC2CCOC2)CC1=O. The van der Waals surface area contributed by atoms with E-state index in [9.17, 15) is 9.90 Å². The van der Waals surface area contributed by atoms with Crippen LogP contribution in [0.15, 0.2) is 48.2 Å². The molecule has 0 aromatic heterocycles. The summed E-state index contributed by atoms with van der Waals surface area (Å²) in [5.74, 6) is 1.03. The van der Waals surface area contributed by atoms with Gasteiger partial charge in [0.15, 0.2) is 5.78 Å². The minimum absolute atomic E-state index is 0.0561. The van der Waals surface area contributed by atoms with E-state index >= 15 is 0 Å². The number of halogens is 1. The second-order valence-corrected chi connectivity index (χ2v) is 8.65. The van der Waals surface area contributed by atoms with Crippen LogP contribution in [0.4, 0.5) is 0 Å². The minimum atomic E-state index is 0.0561. The number of allylic oxidation sites excluding steroid dienone is 2. The molecule has 3 nitrogen and oxygen atoms in total. The van der Waals surface area contributed by atoms with Crippen molar-refractivity contribution in [2.24, 2.45) is 11.8 Å². The zero-order valence-corrected chi connectivity index (χ0v) is 17.5. The lowest BCUT2D eigenvalue weighted by atomic mass is 9.78. The highest BCUT2D eigenvalue weighted by Gasteiger charge is 2.32. The van der Waals surface area contributed by atoms with Gasteiger partial charge in [-0.15, -0.1) is 0 Å². The lowest BCUT2D eigenvalue weighted by molar-refractivity contribution is -0.115. The van der Waals surface area contributed by atoms with Crippen LogP contribution in [-0.4, -0.2) is 24.1 Å². The molecule has 1 aliphatic carbocycles. The van der Waals surface area contributed by atoms with Gasteiger partial charge in [0.2, 0.25) is 0 Å². The summed E-state index contributed by atoms with van der Waals surface area (Å²) in [5.41, 5.74) is 4.52. The highest BCUT2D eigenvalue weighted by molar-refractivity contribution is 6.30. The van der Waals surface area contributed by atoms with E-state index < -0.39 is 0 Å². The Bertz CT molecular complexity index is 924. The van der Waals surface area contributed by atoms with Gasteiger partial charge >= 0.3 is 0 Å². The van der Waals surface area contributed by atoms with Gasteiger partial charge in [-0.25, -0.2) is 0 Å². The topological polar surface area (TPSA) is 46.5 Å². The number of rotatable bonds is 5. The average molecular weight is 411 g/mol. The van der Waals surface area contributed by atoms with Gasteiger partial charge in [0.1, 0.15) is 5.76 Å². The maximum Gasteiger partial charge on any atom is 0.167 e. The van der Waals surface area contributed by atoms with E-state index in [-0.39, 0.29) is 17.5 Å². The molecule has 2 aromatic rings. The van der Waals surface area contributed by atoms with Gasteiger partial charge in [0.05, 0.1) is 5.57 Å². The molecule has 152 valence electrons. The zero-order chi connectivity index (χ0) is 20.4. The quantitative estimate of drug-likeness (QED) is 0.634. The highest BCUT2D eigenvalue weighted by Crippen LogP contribution is 2.38. The molecule has 29 heavy (non-hydrogen) atoms. The number of aliphatic hydroxyl groups is 1. The molecule has 0 spiro atoms. The van der Waals surface area contributed by atoms with Crippen LogP contribution in [-0.2, 0) is 16.0 Å². The van der Waals surface area contributed by atoms with E-state index in [1.54, 1.807) is 0 Å². The smallest absolute Gasteiger partial charge is 0.167 e. The number of hydrogen-bond acceptors (Lipinski definition) is 3. The Morgan fingerprint density at radius 3 is 2.48 bits per heavy atom. The van der Waals surface area contributed by atoms with Crippen molar-refractivity contribution in [1.82, 2.24) is 0 Å². The Hall–Kier alpha value is -2.10. The number of ether oxygens (including phenoxy) is 1. The maximum atomic E-state index is 13.1. The molecule has 1 N–H and O–H groups in total. The van der Waals surface area contributed by atoms with Gasteiger partial charge < -0.3 is 9.84 Å². The molecular weight excluding hydrogens is 384 g/mol. The number of hydrogen-bond donors (Lipinski definition) is 1.